The average Bonchev–Trinajstić information content (AvgIpc) is 3.17. The van der Waals surface area contributed by atoms with E-state index in [2.05, 4.69) is 20.2 Å². The Morgan fingerprint density at radius 1 is 1.25 bits per heavy atom. The van der Waals surface area contributed by atoms with Gasteiger partial charge in [-0.2, -0.15) is 0 Å². The smallest absolute Gasteiger partial charge is 0.255 e. The monoisotopic (exact) mass is 329 g/mol. The van der Waals surface area contributed by atoms with E-state index in [1.54, 1.807) is 36.5 Å². The SMILES string of the molecule is CC(NC(=O)c1ccoc1)C(=O)N1CCN(c2cnccn2)CC1. The number of anilines is 1. The standard InChI is InChI=1S/C16H19N5O3/c1-12(19-15(22)13-2-9-24-11-13)16(23)21-7-5-20(6-8-21)14-10-17-3-4-18-14/h2-4,9-12H,5-8H2,1H3,(H,19,22). The van der Waals surface area contributed by atoms with Crippen LogP contribution in [0.3, 0.4) is 0 Å². The zero-order valence-electron chi connectivity index (χ0n) is 13.4. The Kier molecular flexibility index (Phi) is 4.74. The average molecular weight is 329 g/mol. The molecule has 2 amide bonds. The van der Waals surface area contributed by atoms with Gasteiger partial charge in [0.1, 0.15) is 18.1 Å². The van der Waals surface area contributed by atoms with Crippen molar-refractivity contribution in [2.75, 3.05) is 31.1 Å². The topological polar surface area (TPSA) is 91.6 Å². The van der Waals surface area contributed by atoms with E-state index in [1.807, 2.05) is 0 Å². The molecule has 1 aliphatic heterocycles. The second-order valence-electron chi connectivity index (χ2n) is 5.58. The minimum Gasteiger partial charge on any atom is -0.472 e. The van der Waals surface area contributed by atoms with E-state index >= 15 is 0 Å². The third-order valence-electron chi connectivity index (χ3n) is 3.97. The first-order valence-electron chi connectivity index (χ1n) is 7.78. The summed E-state index contributed by atoms with van der Waals surface area (Å²) < 4.78 is 4.88. The van der Waals surface area contributed by atoms with Crippen LogP contribution in [0.2, 0.25) is 0 Å². The molecule has 1 saturated heterocycles. The van der Waals surface area contributed by atoms with Gasteiger partial charge >= 0.3 is 0 Å². The fraction of sp³-hybridized carbons (Fsp3) is 0.375. The number of carbonyl (C=O) groups is 2. The first-order chi connectivity index (χ1) is 11.6. The predicted octanol–water partition coefficient (Wildman–Crippen LogP) is 0.537. The number of rotatable bonds is 4. The summed E-state index contributed by atoms with van der Waals surface area (Å²) in [5.74, 6) is 0.402. The molecule has 1 aliphatic rings. The zero-order valence-corrected chi connectivity index (χ0v) is 13.4. The van der Waals surface area contributed by atoms with Gasteiger partial charge in [0.15, 0.2) is 0 Å². The maximum atomic E-state index is 12.5. The second kappa shape index (κ2) is 7.12. The van der Waals surface area contributed by atoms with Crippen LogP contribution < -0.4 is 10.2 Å². The first kappa shape index (κ1) is 16.0. The minimum absolute atomic E-state index is 0.0920. The fourth-order valence-corrected chi connectivity index (χ4v) is 2.62. The van der Waals surface area contributed by atoms with Crippen molar-refractivity contribution in [2.45, 2.75) is 13.0 Å². The van der Waals surface area contributed by atoms with Crippen molar-refractivity contribution in [2.24, 2.45) is 0 Å². The lowest BCUT2D eigenvalue weighted by molar-refractivity contribution is -0.133. The Morgan fingerprint density at radius 3 is 2.67 bits per heavy atom. The molecule has 0 aliphatic carbocycles. The van der Waals surface area contributed by atoms with Crippen molar-refractivity contribution in [3.63, 3.8) is 0 Å². The Hall–Kier alpha value is -2.90. The van der Waals surface area contributed by atoms with E-state index in [4.69, 9.17) is 4.42 Å². The van der Waals surface area contributed by atoms with Crippen LogP contribution >= 0.6 is 0 Å². The van der Waals surface area contributed by atoms with Crippen LogP contribution in [-0.2, 0) is 4.79 Å². The summed E-state index contributed by atoms with van der Waals surface area (Å²) in [7, 11) is 0. The molecule has 3 heterocycles. The maximum absolute atomic E-state index is 12.5. The number of nitrogens with one attached hydrogen (secondary N) is 1. The third kappa shape index (κ3) is 3.53. The van der Waals surface area contributed by atoms with Crippen molar-refractivity contribution in [1.29, 1.82) is 0 Å². The Morgan fingerprint density at radius 2 is 2.04 bits per heavy atom. The van der Waals surface area contributed by atoms with Crippen LogP contribution in [0.5, 0.6) is 0 Å². The van der Waals surface area contributed by atoms with Crippen LogP contribution in [-0.4, -0.2) is 58.9 Å². The zero-order chi connectivity index (χ0) is 16.9. The van der Waals surface area contributed by atoms with Gasteiger partial charge in [0, 0.05) is 38.6 Å². The molecule has 1 atom stereocenters. The number of amides is 2. The van der Waals surface area contributed by atoms with E-state index < -0.39 is 6.04 Å². The highest BCUT2D eigenvalue weighted by atomic mass is 16.3. The van der Waals surface area contributed by atoms with Gasteiger partial charge in [-0.05, 0) is 13.0 Å². The maximum Gasteiger partial charge on any atom is 0.255 e. The molecule has 0 bridgehead atoms. The van der Waals surface area contributed by atoms with Gasteiger partial charge in [-0.25, -0.2) is 4.98 Å². The number of hydrogen-bond donors (Lipinski definition) is 1. The highest BCUT2D eigenvalue weighted by Crippen LogP contribution is 2.12. The van der Waals surface area contributed by atoms with E-state index in [1.165, 1.54) is 12.5 Å². The molecule has 0 aromatic carbocycles. The van der Waals surface area contributed by atoms with Crippen LogP contribution in [0.25, 0.3) is 0 Å². The molecule has 8 nitrogen and oxygen atoms in total. The van der Waals surface area contributed by atoms with Crippen molar-refractivity contribution in [3.05, 3.63) is 42.7 Å². The lowest BCUT2D eigenvalue weighted by Crippen LogP contribution is -2.54. The molecule has 0 saturated carbocycles. The van der Waals surface area contributed by atoms with Gasteiger partial charge in [-0.1, -0.05) is 0 Å². The van der Waals surface area contributed by atoms with Crippen LogP contribution in [0.4, 0.5) is 5.82 Å². The van der Waals surface area contributed by atoms with Gasteiger partial charge in [-0.3, -0.25) is 14.6 Å². The predicted molar refractivity (Wildman–Crippen MR) is 86.5 cm³/mol. The van der Waals surface area contributed by atoms with Gasteiger partial charge in [0.2, 0.25) is 5.91 Å². The highest BCUT2D eigenvalue weighted by molar-refractivity contribution is 5.97. The van der Waals surface area contributed by atoms with E-state index in [-0.39, 0.29) is 11.8 Å². The molecule has 24 heavy (non-hydrogen) atoms. The van der Waals surface area contributed by atoms with Gasteiger partial charge in [-0.15, -0.1) is 0 Å². The molecular weight excluding hydrogens is 310 g/mol. The number of nitrogens with zero attached hydrogens (tertiary/aromatic N) is 4. The first-order valence-corrected chi connectivity index (χ1v) is 7.78. The van der Waals surface area contributed by atoms with E-state index in [0.717, 1.165) is 5.82 Å². The summed E-state index contributed by atoms with van der Waals surface area (Å²) in [6, 6.07) is 0.974. The molecule has 3 rings (SSSR count). The van der Waals surface area contributed by atoms with Crippen molar-refractivity contribution < 1.29 is 14.0 Å². The quantitative estimate of drug-likeness (QED) is 0.880. The molecule has 8 heteroatoms. The van der Waals surface area contributed by atoms with E-state index in [9.17, 15) is 9.59 Å². The summed E-state index contributed by atoms with van der Waals surface area (Å²) >= 11 is 0. The summed E-state index contributed by atoms with van der Waals surface area (Å²) in [6.07, 6.45) is 7.78. The summed E-state index contributed by atoms with van der Waals surface area (Å²) in [4.78, 5) is 36.6. The summed E-state index contributed by atoms with van der Waals surface area (Å²) in [6.45, 7) is 4.23. The minimum atomic E-state index is -0.588. The molecule has 1 unspecified atom stereocenters. The lowest BCUT2D eigenvalue weighted by atomic mass is 10.2. The molecule has 2 aromatic heterocycles. The highest BCUT2D eigenvalue weighted by Gasteiger charge is 2.26. The van der Waals surface area contributed by atoms with Crippen LogP contribution in [0.1, 0.15) is 17.3 Å². The van der Waals surface area contributed by atoms with Crippen LogP contribution in [0.15, 0.2) is 41.6 Å². The van der Waals surface area contributed by atoms with Gasteiger partial charge < -0.3 is 19.5 Å². The van der Waals surface area contributed by atoms with E-state index in [0.29, 0.717) is 31.7 Å². The van der Waals surface area contributed by atoms with Gasteiger partial charge in [0.25, 0.3) is 5.91 Å². The van der Waals surface area contributed by atoms with Crippen molar-refractivity contribution in [1.82, 2.24) is 20.2 Å². The Bertz CT molecular complexity index is 681. The number of hydrogen-bond acceptors (Lipinski definition) is 6. The van der Waals surface area contributed by atoms with Crippen molar-refractivity contribution in [3.8, 4) is 0 Å². The Balaban J connectivity index is 1.52. The summed E-state index contributed by atoms with van der Waals surface area (Å²) in [5.41, 5.74) is 0.405. The number of furan rings is 1. The molecule has 2 aromatic rings. The summed E-state index contributed by atoms with van der Waals surface area (Å²) in [5, 5.41) is 2.70. The number of aromatic nitrogens is 2. The Labute approximate surface area is 139 Å². The van der Waals surface area contributed by atoms with Crippen LogP contribution in [0, 0.1) is 0 Å². The largest absolute Gasteiger partial charge is 0.472 e. The van der Waals surface area contributed by atoms with Gasteiger partial charge in [0.05, 0.1) is 18.0 Å². The second-order valence-corrected chi connectivity index (χ2v) is 5.58. The van der Waals surface area contributed by atoms with Crippen molar-refractivity contribution >= 4 is 17.6 Å². The number of piperazine rings is 1. The molecular formula is C16H19N5O3. The molecule has 126 valence electrons. The third-order valence-corrected chi connectivity index (χ3v) is 3.97. The lowest BCUT2D eigenvalue weighted by Gasteiger charge is -2.36. The fourth-order valence-electron chi connectivity index (χ4n) is 2.62. The molecule has 1 fully saturated rings. The molecule has 0 radical (unpaired) electrons. The molecule has 0 spiro atoms. The normalized spacial score (nSPS) is 15.9. The number of carbonyl (C=O) groups excluding carboxylic acids is 2. The molecule has 1 N–H and O–H groups in total.